The van der Waals surface area contributed by atoms with E-state index in [0.717, 1.165) is 33.4 Å². The van der Waals surface area contributed by atoms with Crippen molar-refractivity contribution in [3.8, 4) is 34.5 Å². The van der Waals surface area contributed by atoms with Gasteiger partial charge in [-0.15, -0.1) is 0 Å². The maximum atomic E-state index is 13.3. The van der Waals surface area contributed by atoms with Crippen LogP contribution in [0.5, 0.6) is 34.5 Å². The van der Waals surface area contributed by atoms with Crippen molar-refractivity contribution in [2.45, 2.75) is 41.5 Å². The van der Waals surface area contributed by atoms with Crippen LogP contribution in [0.2, 0.25) is 0 Å². The molecular weight excluding hydrogens is 853 g/mol. The second kappa shape index (κ2) is 21.5. The summed E-state index contributed by atoms with van der Waals surface area (Å²) in [5.41, 5.74) is 6.45. The zero-order valence-corrected chi connectivity index (χ0v) is 36.9. The molecule has 0 unspecified atom stereocenters. The van der Waals surface area contributed by atoms with Crippen LogP contribution < -0.4 is 27.1 Å². The summed E-state index contributed by atoms with van der Waals surface area (Å²) < 4.78 is 60.4. The van der Waals surface area contributed by atoms with Crippen molar-refractivity contribution in [2.75, 3.05) is 0 Å². The molecule has 0 atom stereocenters. The molecule has 6 rings (SSSR count). The molecule has 0 heterocycles. The van der Waals surface area contributed by atoms with Gasteiger partial charge in [-0.3, -0.25) is 0 Å². The van der Waals surface area contributed by atoms with Crippen molar-refractivity contribution in [3.63, 3.8) is 0 Å². The Bertz CT molecular complexity index is 1780. The van der Waals surface area contributed by atoms with Gasteiger partial charge < -0.3 is 27.1 Å². The number of hydrogen-bond acceptors (Lipinski definition) is 8. The molecule has 0 amide bonds. The SMILES string of the molecule is Cc1ccc(OP(=O)(Oc2ccc(C)cc2)Oc2ccc(C)cc2)cc1.Cc1ccc(OP(=O)(Oc2ccc(C)cc2)Oc2ccc(C)cc2)cc1.[Cl][Cr]([Cl])[Cl]. The number of phosphoric ester groups is 2. The first kappa shape index (κ1) is 44.7. The van der Waals surface area contributed by atoms with E-state index in [0.29, 0.717) is 34.5 Å². The zero-order valence-electron chi connectivity index (χ0n) is 31.6. The quantitative estimate of drug-likeness (QED) is 0.112. The predicted octanol–water partition coefficient (Wildman–Crippen LogP) is 14.6. The van der Waals surface area contributed by atoms with E-state index < -0.39 is 27.0 Å². The van der Waals surface area contributed by atoms with Crippen molar-refractivity contribution >= 4 is 45.8 Å². The van der Waals surface area contributed by atoms with Gasteiger partial charge in [-0.05, 0) is 114 Å². The first-order chi connectivity index (χ1) is 26.6. The number of aryl methyl sites for hydroxylation is 6. The Hall–Kier alpha value is -4.02. The Labute approximate surface area is 346 Å². The number of hydrogen-bond donors (Lipinski definition) is 0. The molecule has 0 spiro atoms. The second-order valence-electron chi connectivity index (χ2n) is 12.5. The van der Waals surface area contributed by atoms with E-state index in [1.54, 1.807) is 72.8 Å². The minimum atomic E-state index is -3.93. The van der Waals surface area contributed by atoms with Crippen molar-refractivity contribution in [1.29, 1.82) is 0 Å². The van der Waals surface area contributed by atoms with Gasteiger partial charge in [-0.25, -0.2) is 0 Å². The van der Waals surface area contributed by atoms with Crippen LogP contribution in [0.15, 0.2) is 146 Å². The number of halogens is 3. The monoisotopic (exact) mass is 893 g/mol. The molecule has 6 aromatic carbocycles. The molecule has 56 heavy (non-hydrogen) atoms. The first-order valence-electron chi connectivity index (χ1n) is 17.1. The molecule has 0 fully saturated rings. The molecule has 6 aromatic rings. The Kier molecular flexibility index (Phi) is 17.2. The fourth-order valence-electron chi connectivity index (χ4n) is 4.48. The van der Waals surface area contributed by atoms with Gasteiger partial charge >= 0.3 is 57.2 Å². The van der Waals surface area contributed by atoms with Crippen LogP contribution in [0.3, 0.4) is 0 Å². The van der Waals surface area contributed by atoms with Crippen LogP contribution in [0.1, 0.15) is 33.4 Å². The molecule has 0 saturated carbocycles. The van der Waals surface area contributed by atoms with E-state index >= 15 is 0 Å². The topological polar surface area (TPSA) is 89.5 Å². The van der Waals surface area contributed by atoms with Crippen molar-refractivity contribution in [2.24, 2.45) is 0 Å². The molecule has 0 aromatic heterocycles. The average Bonchev–Trinajstić information content (AvgIpc) is 3.14. The van der Waals surface area contributed by atoms with Crippen LogP contribution >= 0.6 is 45.8 Å². The van der Waals surface area contributed by atoms with Gasteiger partial charge in [0.1, 0.15) is 34.5 Å². The van der Waals surface area contributed by atoms with Crippen molar-refractivity contribution < 1.29 is 47.7 Å². The molecule has 0 saturated heterocycles. The second-order valence-corrected chi connectivity index (χ2v) is 21.7. The first-order valence-corrected chi connectivity index (χ1v) is 25.3. The summed E-state index contributed by atoms with van der Waals surface area (Å²) in [6.07, 6.45) is 0. The number of rotatable bonds is 12. The summed E-state index contributed by atoms with van der Waals surface area (Å²) >= 11 is -1.62. The van der Waals surface area contributed by atoms with Gasteiger partial charge in [-0.1, -0.05) is 106 Å². The molecule has 0 aliphatic carbocycles. The van der Waals surface area contributed by atoms with Gasteiger partial charge in [0.15, 0.2) is 0 Å². The van der Waals surface area contributed by atoms with E-state index in [1.165, 1.54) is 0 Å². The fourth-order valence-corrected chi connectivity index (χ4v) is 6.98. The third kappa shape index (κ3) is 16.2. The Morgan fingerprint density at radius 2 is 0.411 bits per heavy atom. The maximum absolute atomic E-state index is 13.3. The van der Waals surface area contributed by atoms with E-state index in [9.17, 15) is 9.13 Å². The van der Waals surface area contributed by atoms with Gasteiger partial charge in [-0.2, -0.15) is 9.13 Å². The molecule has 0 bridgehead atoms. The van der Waals surface area contributed by atoms with Crippen LogP contribution in [-0.4, -0.2) is 0 Å². The number of phosphoric acid groups is 2. The van der Waals surface area contributed by atoms with Gasteiger partial charge in [0.25, 0.3) is 0 Å². The molecule has 0 radical (unpaired) electrons. The Balaban J connectivity index is 0.000000227. The summed E-state index contributed by atoms with van der Waals surface area (Å²) in [5.74, 6) is 2.49. The molecule has 0 aliphatic heterocycles. The Morgan fingerprint density at radius 3 is 0.518 bits per heavy atom. The van der Waals surface area contributed by atoms with Gasteiger partial charge in [0.05, 0.1) is 0 Å². The molecule has 8 nitrogen and oxygen atoms in total. The van der Waals surface area contributed by atoms with Crippen LogP contribution in [0.4, 0.5) is 0 Å². The van der Waals surface area contributed by atoms with Gasteiger partial charge in [0.2, 0.25) is 0 Å². The van der Waals surface area contributed by atoms with Crippen LogP contribution in [-0.2, 0) is 20.5 Å². The summed E-state index contributed by atoms with van der Waals surface area (Å²) in [6, 6.07) is 43.3. The number of benzene rings is 6. The summed E-state index contributed by atoms with van der Waals surface area (Å²) in [7, 11) is 6.93. The van der Waals surface area contributed by atoms with E-state index in [2.05, 4.69) is 0 Å². The molecule has 295 valence electrons. The van der Waals surface area contributed by atoms with Gasteiger partial charge in [0, 0.05) is 0 Å². The van der Waals surface area contributed by atoms with Crippen molar-refractivity contribution in [3.05, 3.63) is 179 Å². The zero-order chi connectivity index (χ0) is 40.7. The average molecular weight is 895 g/mol. The molecule has 0 aliphatic rings. The predicted molar refractivity (Wildman–Crippen MR) is 224 cm³/mol. The van der Waals surface area contributed by atoms with Crippen molar-refractivity contribution in [1.82, 2.24) is 0 Å². The van der Waals surface area contributed by atoms with E-state index in [1.807, 2.05) is 114 Å². The minimum absolute atomic E-state index is 0.415. The standard InChI is InChI=1S/2C21H21O4P.3ClH.Cr/c2*1-16-4-10-19(11-5-16)23-26(22,24-20-12-6-17(2)7-13-20)25-21-14-8-18(3)9-15-21;;;;/h2*4-15H,1-3H3;3*1H;/q;;;;;+3/p-3. The summed E-state index contributed by atoms with van der Waals surface area (Å²) in [4.78, 5) is 0. The normalized spacial score (nSPS) is 10.9. The molecular formula is C42H42Cl3CrO8P2. The summed E-state index contributed by atoms with van der Waals surface area (Å²) in [5, 5.41) is 0. The summed E-state index contributed by atoms with van der Waals surface area (Å²) in [6.45, 7) is 11.8. The molecule has 0 N–H and O–H groups in total. The Morgan fingerprint density at radius 1 is 0.304 bits per heavy atom. The molecule has 14 heteroatoms. The van der Waals surface area contributed by atoms with E-state index in [4.69, 9.17) is 57.3 Å². The van der Waals surface area contributed by atoms with Crippen LogP contribution in [0.25, 0.3) is 0 Å². The fraction of sp³-hybridized carbons (Fsp3) is 0.143. The van der Waals surface area contributed by atoms with E-state index in [-0.39, 0.29) is 0 Å². The van der Waals surface area contributed by atoms with Crippen LogP contribution in [0, 0.1) is 41.5 Å². The third-order valence-electron chi connectivity index (χ3n) is 7.43. The third-order valence-corrected chi connectivity index (χ3v) is 10.0.